The molecule has 0 aliphatic carbocycles. The van der Waals surface area contributed by atoms with Crippen molar-refractivity contribution < 1.29 is 8.42 Å². The molecule has 2 aromatic rings. The van der Waals surface area contributed by atoms with Crippen molar-refractivity contribution in [2.75, 3.05) is 6.54 Å². The molecular formula is C12H13BrN4O2S. The first-order chi connectivity index (χ1) is 9.61. The van der Waals surface area contributed by atoms with Gasteiger partial charge >= 0.3 is 0 Å². The smallest absolute Gasteiger partial charge is 0.243 e. The van der Waals surface area contributed by atoms with Gasteiger partial charge in [0.05, 0.1) is 11.4 Å². The van der Waals surface area contributed by atoms with E-state index in [1.54, 1.807) is 18.5 Å². The van der Waals surface area contributed by atoms with Gasteiger partial charge < -0.3 is 4.57 Å². The fourth-order valence-electron chi connectivity index (χ4n) is 2.15. The molecule has 0 N–H and O–H groups in total. The number of nitrogens with zero attached hydrogens (tertiary/aromatic N) is 4. The molecule has 0 fully saturated rings. The number of halogens is 1. The standard InChI is InChI=1S/C12H13BrN4O2S/c13-7-10-1-3-11(4-2-10)20(18,19)17-6-5-16-9-14-15-12(16)8-17/h1-4,9H,5-8H2. The normalized spacial score (nSPS) is 16.1. The van der Waals surface area contributed by atoms with Crippen molar-refractivity contribution in [2.24, 2.45) is 0 Å². The molecule has 1 aliphatic rings. The van der Waals surface area contributed by atoms with Gasteiger partial charge in [-0.2, -0.15) is 4.31 Å². The highest BCUT2D eigenvalue weighted by Gasteiger charge is 2.29. The lowest BCUT2D eigenvalue weighted by molar-refractivity contribution is 0.335. The number of hydrogen-bond acceptors (Lipinski definition) is 4. The predicted molar refractivity (Wildman–Crippen MR) is 76.7 cm³/mol. The third-order valence-electron chi connectivity index (χ3n) is 3.32. The summed E-state index contributed by atoms with van der Waals surface area (Å²) in [6, 6.07) is 6.92. The zero-order chi connectivity index (χ0) is 14.2. The van der Waals surface area contributed by atoms with Crippen LogP contribution in [0.3, 0.4) is 0 Å². The molecule has 6 nitrogen and oxygen atoms in total. The van der Waals surface area contributed by atoms with E-state index in [2.05, 4.69) is 26.1 Å². The van der Waals surface area contributed by atoms with Crippen molar-refractivity contribution in [1.29, 1.82) is 0 Å². The van der Waals surface area contributed by atoms with E-state index in [9.17, 15) is 8.42 Å². The van der Waals surface area contributed by atoms with Gasteiger partial charge in [-0.25, -0.2) is 8.42 Å². The molecule has 0 amide bonds. The number of rotatable bonds is 3. The summed E-state index contributed by atoms with van der Waals surface area (Å²) in [5.74, 6) is 0.678. The first-order valence-electron chi connectivity index (χ1n) is 6.13. The van der Waals surface area contributed by atoms with Crippen molar-refractivity contribution in [1.82, 2.24) is 19.1 Å². The molecule has 0 radical (unpaired) electrons. The minimum Gasteiger partial charge on any atom is -0.315 e. The summed E-state index contributed by atoms with van der Waals surface area (Å²) < 4.78 is 28.5. The van der Waals surface area contributed by atoms with E-state index in [0.29, 0.717) is 29.1 Å². The molecule has 3 rings (SSSR count). The van der Waals surface area contributed by atoms with E-state index in [-0.39, 0.29) is 6.54 Å². The van der Waals surface area contributed by atoms with E-state index in [1.165, 1.54) is 4.31 Å². The molecule has 20 heavy (non-hydrogen) atoms. The van der Waals surface area contributed by atoms with Crippen LogP contribution in [0.5, 0.6) is 0 Å². The fraction of sp³-hybridized carbons (Fsp3) is 0.333. The van der Waals surface area contributed by atoms with Gasteiger partial charge in [-0.1, -0.05) is 28.1 Å². The van der Waals surface area contributed by atoms with Gasteiger partial charge in [0.1, 0.15) is 12.2 Å². The van der Waals surface area contributed by atoms with Gasteiger partial charge in [-0.05, 0) is 17.7 Å². The van der Waals surface area contributed by atoms with Crippen LogP contribution in [-0.4, -0.2) is 34.0 Å². The van der Waals surface area contributed by atoms with E-state index in [1.807, 2.05) is 16.7 Å². The molecule has 0 atom stereocenters. The molecule has 8 heteroatoms. The molecule has 0 saturated heterocycles. The Balaban J connectivity index is 1.88. The highest BCUT2D eigenvalue weighted by atomic mass is 79.9. The molecular weight excluding hydrogens is 344 g/mol. The monoisotopic (exact) mass is 356 g/mol. The van der Waals surface area contributed by atoms with Gasteiger partial charge in [0.25, 0.3) is 0 Å². The van der Waals surface area contributed by atoms with Crippen LogP contribution in [0.1, 0.15) is 11.4 Å². The third kappa shape index (κ3) is 2.38. The SMILES string of the molecule is O=S(=O)(c1ccc(CBr)cc1)N1CCn2cnnc2C1. The number of benzene rings is 1. The topological polar surface area (TPSA) is 68.1 Å². The summed E-state index contributed by atoms with van der Waals surface area (Å²) in [6.07, 6.45) is 1.63. The Morgan fingerprint density at radius 3 is 2.65 bits per heavy atom. The zero-order valence-electron chi connectivity index (χ0n) is 10.6. The van der Waals surface area contributed by atoms with Crippen molar-refractivity contribution in [3.05, 3.63) is 42.0 Å². The Morgan fingerprint density at radius 1 is 1.20 bits per heavy atom. The molecule has 2 heterocycles. The van der Waals surface area contributed by atoms with Crippen molar-refractivity contribution in [2.45, 2.75) is 23.3 Å². The quantitative estimate of drug-likeness (QED) is 0.779. The van der Waals surface area contributed by atoms with E-state index < -0.39 is 10.0 Å². The average molecular weight is 357 g/mol. The Labute approximate surface area is 125 Å². The summed E-state index contributed by atoms with van der Waals surface area (Å²) in [5, 5.41) is 8.45. The first kappa shape index (κ1) is 13.7. The number of sulfonamides is 1. The maximum atomic E-state index is 12.6. The number of hydrogen-bond donors (Lipinski definition) is 0. The third-order valence-corrected chi connectivity index (χ3v) is 5.83. The highest BCUT2D eigenvalue weighted by Crippen LogP contribution is 2.21. The Kier molecular flexibility index (Phi) is 3.61. The summed E-state index contributed by atoms with van der Waals surface area (Å²) in [5.41, 5.74) is 1.04. The minimum absolute atomic E-state index is 0.266. The summed E-state index contributed by atoms with van der Waals surface area (Å²) in [7, 11) is -3.47. The van der Waals surface area contributed by atoms with Gasteiger partial charge in [0, 0.05) is 18.4 Å². The van der Waals surface area contributed by atoms with Gasteiger partial charge in [-0.3, -0.25) is 0 Å². The number of aromatic nitrogens is 3. The minimum atomic E-state index is -3.47. The van der Waals surface area contributed by atoms with Crippen LogP contribution in [0.15, 0.2) is 35.5 Å². The molecule has 1 aliphatic heterocycles. The maximum Gasteiger partial charge on any atom is 0.243 e. The van der Waals surface area contributed by atoms with Gasteiger partial charge in [0.15, 0.2) is 0 Å². The summed E-state index contributed by atoms with van der Waals surface area (Å²) in [6.45, 7) is 1.29. The second-order valence-corrected chi connectivity index (χ2v) is 7.06. The summed E-state index contributed by atoms with van der Waals surface area (Å²) >= 11 is 3.34. The van der Waals surface area contributed by atoms with Crippen molar-refractivity contribution in [3.63, 3.8) is 0 Å². The largest absolute Gasteiger partial charge is 0.315 e. The van der Waals surface area contributed by atoms with Crippen LogP contribution in [0.2, 0.25) is 0 Å². The zero-order valence-corrected chi connectivity index (χ0v) is 13.0. The van der Waals surface area contributed by atoms with Crippen LogP contribution in [0.25, 0.3) is 0 Å². The summed E-state index contributed by atoms with van der Waals surface area (Å²) in [4.78, 5) is 0.315. The maximum absolute atomic E-state index is 12.6. The van der Waals surface area contributed by atoms with Gasteiger partial charge in [0.2, 0.25) is 10.0 Å². The van der Waals surface area contributed by atoms with Crippen LogP contribution in [0, 0.1) is 0 Å². The lowest BCUT2D eigenvalue weighted by atomic mass is 10.2. The Bertz CT molecular complexity index is 711. The van der Waals surface area contributed by atoms with E-state index in [0.717, 1.165) is 5.56 Å². The van der Waals surface area contributed by atoms with E-state index >= 15 is 0 Å². The average Bonchev–Trinajstić information content (AvgIpc) is 2.94. The molecule has 0 bridgehead atoms. The number of alkyl halides is 1. The first-order valence-corrected chi connectivity index (χ1v) is 8.69. The van der Waals surface area contributed by atoms with Crippen LogP contribution < -0.4 is 0 Å². The Hall–Kier alpha value is -1.25. The lowest BCUT2D eigenvalue weighted by Crippen LogP contribution is -2.38. The molecule has 106 valence electrons. The second kappa shape index (κ2) is 5.27. The van der Waals surface area contributed by atoms with Crippen molar-refractivity contribution in [3.8, 4) is 0 Å². The van der Waals surface area contributed by atoms with Crippen LogP contribution in [0.4, 0.5) is 0 Å². The number of fused-ring (bicyclic) bond motifs is 1. The molecule has 1 aromatic heterocycles. The molecule has 1 aromatic carbocycles. The molecule has 0 saturated carbocycles. The lowest BCUT2D eigenvalue weighted by Gasteiger charge is -2.26. The fourth-order valence-corrected chi connectivity index (χ4v) is 3.91. The molecule has 0 unspecified atom stereocenters. The predicted octanol–water partition coefficient (Wildman–Crippen LogP) is 1.38. The van der Waals surface area contributed by atoms with Crippen LogP contribution in [-0.2, 0) is 28.4 Å². The van der Waals surface area contributed by atoms with Gasteiger partial charge in [-0.15, -0.1) is 10.2 Å². The van der Waals surface area contributed by atoms with E-state index in [4.69, 9.17) is 0 Å². The second-order valence-electron chi connectivity index (χ2n) is 4.56. The highest BCUT2D eigenvalue weighted by molar-refractivity contribution is 9.08. The molecule has 0 spiro atoms. The Morgan fingerprint density at radius 2 is 1.95 bits per heavy atom. The van der Waals surface area contributed by atoms with Crippen LogP contribution >= 0.6 is 15.9 Å². The van der Waals surface area contributed by atoms with Crippen molar-refractivity contribution >= 4 is 26.0 Å².